The Bertz CT molecular complexity index is 823. The minimum absolute atomic E-state index is 0.0267. The van der Waals surface area contributed by atoms with Gasteiger partial charge in [0.25, 0.3) is 0 Å². The summed E-state index contributed by atoms with van der Waals surface area (Å²) in [6.45, 7) is 1.52. The first-order chi connectivity index (χ1) is 13.6. The van der Waals surface area contributed by atoms with Crippen LogP contribution >= 0.6 is 0 Å². The molecule has 0 aromatic heterocycles. The van der Waals surface area contributed by atoms with Gasteiger partial charge in [-0.3, -0.25) is 9.59 Å². The van der Waals surface area contributed by atoms with Crippen molar-refractivity contribution in [3.05, 3.63) is 54.3 Å². The fraction of sp³-hybridized carbons (Fsp3) is 0.364. The van der Waals surface area contributed by atoms with Gasteiger partial charge in [-0.1, -0.05) is 24.3 Å². The summed E-state index contributed by atoms with van der Waals surface area (Å²) < 4.78 is 18.3. The monoisotopic (exact) mass is 384 g/mol. The number of nitrogens with zero attached hydrogens (tertiary/aromatic N) is 1. The maximum Gasteiger partial charge on any atom is 0.229 e. The molecule has 1 fully saturated rings. The van der Waals surface area contributed by atoms with Gasteiger partial charge >= 0.3 is 0 Å². The summed E-state index contributed by atoms with van der Waals surface area (Å²) in [7, 11) is 1.57. The van der Waals surface area contributed by atoms with E-state index in [1.54, 1.807) is 18.1 Å². The number of anilines is 1. The molecular weight excluding hydrogens is 359 g/mol. The van der Waals surface area contributed by atoms with E-state index < -0.39 is 0 Å². The van der Waals surface area contributed by atoms with Crippen LogP contribution in [0.3, 0.4) is 0 Å². The molecule has 5 nitrogen and oxygen atoms in total. The van der Waals surface area contributed by atoms with Crippen molar-refractivity contribution >= 4 is 17.5 Å². The standard InChI is InChI=1S/C22H25FN2O3/c1-28-13-11-21(26)25-12-3-5-18(15-25)22(27)24-20-9-7-16(8-10-20)17-4-2-6-19(23)14-17/h2,4,6-10,14,18H,3,5,11-13,15H2,1H3,(H,24,27)/t18-/m0/s1. The molecular formula is C22H25FN2O3. The fourth-order valence-corrected chi connectivity index (χ4v) is 3.42. The van der Waals surface area contributed by atoms with Crippen molar-refractivity contribution in [3.8, 4) is 11.1 Å². The molecule has 1 atom stereocenters. The third-order valence-electron chi connectivity index (χ3n) is 4.98. The highest BCUT2D eigenvalue weighted by molar-refractivity contribution is 5.93. The highest BCUT2D eigenvalue weighted by Gasteiger charge is 2.28. The van der Waals surface area contributed by atoms with Crippen molar-refractivity contribution in [1.82, 2.24) is 4.90 Å². The molecule has 6 heteroatoms. The topological polar surface area (TPSA) is 58.6 Å². The van der Waals surface area contributed by atoms with Gasteiger partial charge in [0.05, 0.1) is 18.9 Å². The summed E-state index contributed by atoms with van der Waals surface area (Å²) in [6.07, 6.45) is 1.92. The van der Waals surface area contributed by atoms with Gasteiger partial charge in [-0.15, -0.1) is 0 Å². The van der Waals surface area contributed by atoms with Gasteiger partial charge in [0.1, 0.15) is 5.82 Å². The number of methoxy groups -OCH3 is 1. The van der Waals surface area contributed by atoms with E-state index in [1.165, 1.54) is 12.1 Å². The van der Waals surface area contributed by atoms with Gasteiger partial charge in [0, 0.05) is 25.9 Å². The Hall–Kier alpha value is -2.73. The number of piperidine rings is 1. The second kappa shape index (κ2) is 9.46. The van der Waals surface area contributed by atoms with Gasteiger partial charge in [-0.2, -0.15) is 0 Å². The normalized spacial score (nSPS) is 16.6. The first-order valence-electron chi connectivity index (χ1n) is 9.50. The lowest BCUT2D eigenvalue weighted by Crippen LogP contribution is -2.44. The van der Waals surface area contributed by atoms with Crippen LogP contribution in [0, 0.1) is 11.7 Å². The lowest BCUT2D eigenvalue weighted by Gasteiger charge is -2.32. The van der Waals surface area contributed by atoms with Crippen molar-refractivity contribution in [1.29, 1.82) is 0 Å². The number of amides is 2. The molecule has 2 amide bonds. The zero-order valence-corrected chi connectivity index (χ0v) is 16.0. The summed E-state index contributed by atoms with van der Waals surface area (Å²) in [5.41, 5.74) is 2.36. The molecule has 0 radical (unpaired) electrons. The molecule has 2 aromatic rings. The number of likely N-dealkylation sites (tertiary alicyclic amines) is 1. The minimum Gasteiger partial charge on any atom is -0.384 e. The number of carbonyl (C=O) groups is 2. The lowest BCUT2D eigenvalue weighted by molar-refractivity contribution is -0.135. The number of rotatable bonds is 6. The van der Waals surface area contributed by atoms with Crippen molar-refractivity contribution in [2.45, 2.75) is 19.3 Å². The van der Waals surface area contributed by atoms with Crippen LogP contribution in [-0.2, 0) is 14.3 Å². The SMILES string of the molecule is COCCC(=O)N1CCC[C@H](C(=O)Nc2ccc(-c3cccc(F)c3)cc2)C1. The van der Waals surface area contributed by atoms with E-state index >= 15 is 0 Å². The number of hydrogen-bond acceptors (Lipinski definition) is 3. The van der Waals surface area contributed by atoms with Gasteiger partial charge in [-0.05, 0) is 48.2 Å². The zero-order valence-electron chi connectivity index (χ0n) is 16.0. The van der Waals surface area contributed by atoms with E-state index in [4.69, 9.17) is 4.74 Å². The molecule has 0 bridgehead atoms. The van der Waals surface area contributed by atoms with Crippen LogP contribution in [0.15, 0.2) is 48.5 Å². The highest BCUT2D eigenvalue weighted by Crippen LogP contribution is 2.23. The van der Waals surface area contributed by atoms with Crippen molar-refractivity contribution in [2.75, 3.05) is 32.1 Å². The molecule has 0 aliphatic carbocycles. The van der Waals surface area contributed by atoms with E-state index in [1.807, 2.05) is 30.3 Å². The van der Waals surface area contributed by atoms with E-state index in [9.17, 15) is 14.0 Å². The first kappa shape index (κ1) is 20.0. The Morgan fingerprint density at radius 1 is 1.18 bits per heavy atom. The predicted octanol–water partition coefficient (Wildman–Crippen LogP) is 3.71. The second-order valence-corrected chi connectivity index (χ2v) is 7.00. The molecule has 28 heavy (non-hydrogen) atoms. The van der Waals surface area contributed by atoms with Gasteiger partial charge in [-0.25, -0.2) is 4.39 Å². The van der Waals surface area contributed by atoms with Crippen LogP contribution in [-0.4, -0.2) is 43.5 Å². The van der Waals surface area contributed by atoms with Gasteiger partial charge in [0.15, 0.2) is 0 Å². The molecule has 1 saturated heterocycles. The van der Waals surface area contributed by atoms with E-state index in [0.717, 1.165) is 24.0 Å². The summed E-state index contributed by atoms with van der Waals surface area (Å²) in [5, 5.41) is 2.93. The maximum atomic E-state index is 13.4. The van der Waals surface area contributed by atoms with Crippen molar-refractivity contribution < 1.29 is 18.7 Å². The molecule has 0 saturated carbocycles. The average Bonchev–Trinajstić information content (AvgIpc) is 2.72. The number of carbonyl (C=O) groups excluding carboxylic acids is 2. The number of ether oxygens (including phenoxy) is 1. The van der Waals surface area contributed by atoms with Crippen LogP contribution in [0.4, 0.5) is 10.1 Å². The molecule has 1 aliphatic rings. The quantitative estimate of drug-likeness (QED) is 0.826. The fourth-order valence-electron chi connectivity index (χ4n) is 3.42. The Morgan fingerprint density at radius 2 is 1.96 bits per heavy atom. The molecule has 1 heterocycles. The summed E-state index contributed by atoms with van der Waals surface area (Å²) in [6, 6.07) is 13.7. The van der Waals surface area contributed by atoms with Crippen LogP contribution < -0.4 is 5.32 Å². The second-order valence-electron chi connectivity index (χ2n) is 7.00. The Morgan fingerprint density at radius 3 is 2.68 bits per heavy atom. The minimum atomic E-state index is -0.281. The summed E-state index contributed by atoms with van der Waals surface area (Å²) in [5.74, 6) is -0.554. The smallest absolute Gasteiger partial charge is 0.229 e. The molecule has 3 rings (SSSR count). The van der Waals surface area contributed by atoms with Crippen LogP contribution in [0.25, 0.3) is 11.1 Å². The Balaban J connectivity index is 1.59. The molecule has 0 unspecified atom stereocenters. The third kappa shape index (κ3) is 5.16. The van der Waals surface area contributed by atoms with E-state index in [-0.39, 0.29) is 23.5 Å². The Kier molecular flexibility index (Phi) is 6.76. The van der Waals surface area contributed by atoms with Crippen LogP contribution in [0.1, 0.15) is 19.3 Å². The molecule has 2 aromatic carbocycles. The van der Waals surface area contributed by atoms with Gasteiger partial charge < -0.3 is 15.0 Å². The highest BCUT2D eigenvalue weighted by atomic mass is 19.1. The largest absolute Gasteiger partial charge is 0.384 e. The number of nitrogens with one attached hydrogen (secondary N) is 1. The van der Waals surface area contributed by atoms with Crippen molar-refractivity contribution in [3.63, 3.8) is 0 Å². The van der Waals surface area contributed by atoms with Crippen molar-refractivity contribution in [2.24, 2.45) is 5.92 Å². The van der Waals surface area contributed by atoms with Crippen LogP contribution in [0.2, 0.25) is 0 Å². The number of hydrogen-bond donors (Lipinski definition) is 1. The maximum absolute atomic E-state index is 13.4. The third-order valence-corrected chi connectivity index (χ3v) is 4.98. The lowest BCUT2D eigenvalue weighted by atomic mass is 9.96. The molecule has 1 aliphatic heterocycles. The predicted molar refractivity (Wildman–Crippen MR) is 106 cm³/mol. The summed E-state index contributed by atoms with van der Waals surface area (Å²) in [4.78, 5) is 26.5. The zero-order chi connectivity index (χ0) is 19.9. The number of halogens is 1. The van der Waals surface area contributed by atoms with Crippen LogP contribution in [0.5, 0.6) is 0 Å². The average molecular weight is 384 g/mol. The van der Waals surface area contributed by atoms with E-state index in [0.29, 0.717) is 31.8 Å². The number of benzene rings is 2. The first-order valence-corrected chi connectivity index (χ1v) is 9.50. The molecule has 0 spiro atoms. The Labute approximate surface area is 164 Å². The summed E-state index contributed by atoms with van der Waals surface area (Å²) >= 11 is 0. The van der Waals surface area contributed by atoms with Gasteiger partial charge in [0.2, 0.25) is 11.8 Å². The molecule has 148 valence electrons. The van der Waals surface area contributed by atoms with E-state index in [2.05, 4.69) is 5.32 Å². The molecule has 1 N–H and O–H groups in total.